The molecule has 0 spiro atoms. The van der Waals surface area contributed by atoms with E-state index in [9.17, 15) is 14.7 Å². The van der Waals surface area contributed by atoms with Crippen molar-refractivity contribution in [1.82, 2.24) is 5.32 Å². The summed E-state index contributed by atoms with van der Waals surface area (Å²) in [5.41, 5.74) is 1.91. The van der Waals surface area contributed by atoms with Crippen molar-refractivity contribution in [2.75, 3.05) is 14.2 Å². The minimum absolute atomic E-state index is 0.0336. The Balaban J connectivity index is 2.21. The third-order valence-corrected chi connectivity index (χ3v) is 4.53. The van der Waals surface area contributed by atoms with Crippen LogP contribution in [-0.2, 0) is 14.9 Å². The molecule has 2 aromatic rings. The van der Waals surface area contributed by atoms with Gasteiger partial charge < -0.3 is 19.9 Å². The van der Waals surface area contributed by atoms with Crippen molar-refractivity contribution < 1.29 is 24.2 Å². The van der Waals surface area contributed by atoms with Gasteiger partial charge >= 0.3 is 5.97 Å². The summed E-state index contributed by atoms with van der Waals surface area (Å²) >= 11 is 0. The first-order valence-corrected chi connectivity index (χ1v) is 8.98. The number of amides is 1. The molecule has 0 aromatic heterocycles. The average Bonchev–Trinajstić information content (AvgIpc) is 2.70. The quantitative estimate of drug-likeness (QED) is 0.747. The molecule has 6 nitrogen and oxygen atoms in total. The third kappa shape index (κ3) is 5.10. The van der Waals surface area contributed by atoms with E-state index < -0.39 is 24.0 Å². The van der Waals surface area contributed by atoms with E-state index in [2.05, 4.69) is 26.1 Å². The Labute approximate surface area is 165 Å². The Bertz CT molecular complexity index is 806. The van der Waals surface area contributed by atoms with Crippen LogP contribution in [0.1, 0.15) is 48.4 Å². The zero-order valence-electron chi connectivity index (χ0n) is 16.9. The number of nitrogens with one attached hydrogen (secondary N) is 1. The van der Waals surface area contributed by atoms with E-state index in [-0.39, 0.29) is 5.41 Å². The van der Waals surface area contributed by atoms with Gasteiger partial charge in [0.2, 0.25) is 0 Å². The van der Waals surface area contributed by atoms with Crippen molar-refractivity contribution in [1.29, 1.82) is 0 Å². The maximum Gasteiger partial charge on any atom is 0.331 e. The Morgan fingerprint density at radius 3 is 2.00 bits per heavy atom. The van der Waals surface area contributed by atoms with E-state index in [4.69, 9.17) is 9.47 Å². The van der Waals surface area contributed by atoms with Crippen LogP contribution in [0, 0.1) is 0 Å². The largest absolute Gasteiger partial charge is 0.497 e. The first-order valence-electron chi connectivity index (χ1n) is 8.98. The first-order chi connectivity index (χ1) is 13.2. The van der Waals surface area contributed by atoms with Crippen molar-refractivity contribution in [3.63, 3.8) is 0 Å². The number of ether oxygens (including phenoxy) is 2. The minimum atomic E-state index is -1.27. The first kappa shape index (κ1) is 21.4. The molecule has 2 aromatic carbocycles. The molecule has 0 aliphatic carbocycles. The Kier molecular flexibility index (Phi) is 6.80. The molecule has 0 aliphatic heterocycles. The Hall–Kier alpha value is -2.86. The number of rotatable bonds is 6. The standard InChI is InChI=1S/C22H27NO5/c1-22(2,3)16-10-6-15(7-11-16)20(25)23-18(21(26)28-5)19(24)14-8-12-17(27-4)13-9-14/h6-13,18-19,24H,1-5H3,(H,23,25). The second-order valence-corrected chi connectivity index (χ2v) is 7.52. The van der Waals surface area contributed by atoms with Crippen LogP contribution < -0.4 is 10.1 Å². The summed E-state index contributed by atoms with van der Waals surface area (Å²) in [7, 11) is 2.74. The predicted octanol–water partition coefficient (Wildman–Crippen LogP) is 3.00. The monoisotopic (exact) mass is 385 g/mol. The van der Waals surface area contributed by atoms with Crippen LogP contribution in [0.25, 0.3) is 0 Å². The molecule has 0 fully saturated rings. The summed E-state index contributed by atoms with van der Waals surface area (Å²) in [6, 6.07) is 12.5. The number of hydrogen-bond acceptors (Lipinski definition) is 5. The van der Waals surface area contributed by atoms with Crippen molar-refractivity contribution in [2.45, 2.75) is 38.3 Å². The molecule has 28 heavy (non-hydrogen) atoms. The van der Waals surface area contributed by atoms with Crippen LogP contribution in [0.2, 0.25) is 0 Å². The van der Waals surface area contributed by atoms with Gasteiger partial charge in [-0.3, -0.25) is 4.79 Å². The molecule has 0 aliphatic rings. The zero-order valence-corrected chi connectivity index (χ0v) is 16.9. The van der Waals surface area contributed by atoms with Crippen LogP contribution in [0.3, 0.4) is 0 Å². The average molecular weight is 385 g/mol. The van der Waals surface area contributed by atoms with Crippen LogP contribution in [0.5, 0.6) is 5.75 Å². The van der Waals surface area contributed by atoms with Crippen molar-refractivity contribution in [3.8, 4) is 5.75 Å². The van der Waals surface area contributed by atoms with Crippen LogP contribution >= 0.6 is 0 Å². The van der Waals surface area contributed by atoms with Crippen molar-refractivity contribution in [3.05, 3.63) is 65.2 Å². The lowest BCUT2D eigenvalue weighted by atomic mass is 9.86. The maximum absolute atomic E-state index is 12.6. The van der Waals surface area contributed by atoms with Crippen molar-refractivity contribution >= 4 is 11.9 Å². The summed E-state index contributed by atoms with van der Waals surface area (Å²) in [5.74, 6) is -0.583. The number of aliphatic hydroxyl groups is 1. The Morgan fingerprint density at radius 1 is 0.964 bits per heavy atom. The molecule has 2 atom stereocenters. The van der Waals surface area contributed by atoms with E-state index in [0.29, 0.717) is 16.9 Å². The summed E-state index contributed by atoms with van der Waals surface area (Å²) in [4.78, 5) is 24.8. The lowest BCUT2D eigenvalue weighted by Gasteiger charge is -2.23. The van der Waals surface area contributed by atoms with Gasteiger partial charge in [-0.2, -0.15) is 0 Å². The predicted molar refractivity (Wildman–Crippen MR) is 106 cm³/mol. The fourth-order valence-electron chi connectivity index (χ4n) is 2.73. The van der Waals surface area contributed by atoms with Gasteiger partial charge in [-0.25, -0.2) is 4.79 Å². The molecule has 0 heterocycles. The molecular weight excluding hydrogens is 358 g/mol. The van der Waals surface area contributed by atoms with Gasteiger partial charge in [0.1, 0.15) is 11.9 Å². The highest BCUT2D eigenvalue weighted by atomic mass is 16.5. The molecule has 0 saturated heterocycles. The van der Waals surface area contributed by atoms with Gasteiger partial charge in [0.05, 0.1) is 14.2 Å². The number of aliphatic hydroxyl groups excluding tert-OH is 1. The summed E-state index contributed by atoms with van der Waals surface area (Å²) in [6.07, 6.45) is -1.27. The Morgan fingerprint density at radius 2 is 1.54 bits per heavy atom. The van der Waals surface area contributed by atoms with E-state index in [1.807, 2.05) is 12.1 Å². The fourth-order valence-corrected chi connectivity index (χ4v) is 2.73. The van der Waals surface area contributed by atoms with Crippen LogP contribution in [0.15, 0.2) is 48.5 Å². The van der Waals surface area contributed by atoms with E-state index in [1.54, 1.807) is 36.4 Å². The lowest BCUT2D eigenvalue weighted by molar-refractivity contribution is -0.146. The smallest absolute Gasteiger partial charge is 0.331 e. The highest BCUT2D eigenvalue weighted by molar-refractivity contribution is 5.97. The van der Waals surface area contributed by atoms with E-state index in [1.165, 1.54) is 14.2 Å². The number of benzene rings is 2. The second-order valence-electron chi connectivity index (χ2n) is 7.52. The summed E-state index contributed by atoms with van der Waals surface area (Å²) in [6.45, 7) is 6.25. The van der Waals surface area contributed by atoms with E-state index >= 15 is 0 Å². The van der Waals surface area contributed by atoms with Crippen LogP contribution in [-0.4, -0.2) is 37.2 Å². The number of carbonyl (C=O) groups is 2. The fraction of sp³-hybridized carbons (Fsp3) is 0.364. The van der Waals surface area contributed by atoms with Gasteiger partial charge in [-0.15, -0.1) is 0 Å². The topological polar surface area (TPSA) is 84.9 Å². The summed E-state index contributed by atoms with van der Waals surface area (Å²) in [5, 5.41) is 13.2. The van der Waals surface area contributed by atoms with Crippen molar-refractivity contribution in [2.24, 2.45) is 0 Å². The van der Waals surface area contributed by atoms with Gasteiger partial charge in [0.25, 0.3) is 5.91 Å². The number of hydrogen-bond donors (Lipinski definition) is 2. The molecule has 0 saturated carbocycles. The molecule has 150 valence electrons. The number of esters is 1. The molecule has 6 heteroatoms. The van der Waals surface area contributed by atoms with Gasteiger partial charge in [0.15, 0.2) is 6.04 Å². The molecule has 1 amide bonds. The highest BCUT2D eigenvalue weighted by Crippen LogP contribution is 2.23. The van der Waals surface area contributed by atoms with Gasteiger partial charge in [-0.1, -0.05) is 45.0 Å². The number of methoxy groups -OCH3 is 2. The SMILES string of the molecule is COC(=O)C(NC(=O)c1ccc(C(C)(C)C)cc1)C(O)c1ccc(OC)cc1. The normalized spacial score (nSPS) is 13.4. The molecule has 0 radical (unpaired) electrons. The lowest BCUT2D eigenvalue weighted by Crippen LogP contribution is -2.45. The summed E-state index contributed by atoms with van der Waals surface area (Å²) < 4.78 is 9.85. The minimum Gasteiger partial charge on any atom is -0.497 e. The molecule has 0 bridgehead atoms. The maximum atomic E-state index is 12.6. The van der Waals surface area contributed by atoms with Gasteiger partial charge in [-0.05, 0) is 40.8 Å². The third-order valence-electron chi connectivity index (χ3n) is 4.53. The second kappa shape index (κ2) is 8.89. The molecule has 2 unspecified atom stereocenters. The highest BCUT2D eigenvalue weighted by Gasteiger charge is 2.31. The number of carbonyl (C=O) groups excluding carboxylic acids is 2. The molecule has 2 rings (SSSR count). The zero-order chi connectivity index (χ0) is 20.9. The van der Waals surface area contributed by atoms with Crippen LogP contribution in [0.4, 0.5) is 0 Å². The molecule has 2 N–H and O–H groups in total. The molecular formula is C22H27NO5. The van der Waals surface area contributed by atoms with Gasteiger partial charge in [0, 0.05) is 5.56 Å². The van der Waals surface area contributed by atoms with E-state index in [0.717, 1.165) is 5.56 Å².